The first-order valence-corrected chi connectivity index (χ1v) is 12.2. The molecule has 0 aliphatic rings. The number of nitrogens with zero attached hydrogens (tertiary/aromatic N) is 1. The molecule has 0 aliphatic heterocycles. The number of carbonyl (C=O) groups excluding carboxylic acids is 2. The van der Waals surface area contributed by atoms with Crippen LogP contribution in [-0.2, 0) is 0 Å². The molecule has 8 heteroatoms. The first kappa shape index (κ1) is 25.2. The Hall–Kier alpha value is -3.92. The van der Waals surface area contributed by atoms with E-state index in [-0.39, 0.29) is 5.91 Å². The molecule has 36 heavy (non-hydrogen) atoms. The van der Waals surface area contributed by atoms with E-state index in [1.165, 1.54) is 6.21 Å². The van der Waals surface area contributed by atoms with Crippen molar-refractivity contribution in [2.45, 2.75) is 6.92 Å². The summed E-state index contributed by atoms with van der Waals surface area (Å²) in [5.74, 6) is 0.527. The van der Waals surface area contributed by atoms with Gasteiger partial charge in [-0.2, -0.15) is 5.10 Å². The van der Waals surface area contributed by atoms with E-state index in [2.05, 4.69) is 33.1 Å². The van der Waals surface area contributed by atoms with E-state index in [4.69, 9.17) is 14.2 Å². The second-order valence-corrected chi connectivity index (χ2v) is 8.80. The number of esters is 1. The van der Waals surface area contributed by atoms with Crippen molar-refractivity contribution in [2.75, 3.05) is 13.7 Å². The van der Waals surface area contributed by atoms with Crippen molar-refractivity contribution in [1.82, 2.24) is 5.43 Å². The number of rotatable bonds is 8. The highest BCUT2D eigenvalue weighted by molar-refractivity contribution is 14.1. The van der Waals surface area contributed by atoms with Gasteiger partial charge in [-0.05, 0) is 94.4 Å². The van der Waals surface area contributed by atoms with Gasteiger partial charge >= 0.3 is 5.97 Å². The van der Waals surface area contributed by atoms with Crippen LogP contribution in [0.25, 0.3) is 10.8 Å². The summed E-state index contributed by atoms with van der Waals surface area (Å²) >= 11 is 2.07. The van der Waals surface area contributed by atoms with Crippen LogP contribution in [0.4, 0.5) is 0 Å². The lowest BCUT2D eigenvalue weighted by atomic mass is 10.1. The van der Waals surface area contributed by atoms with E-state index in [9.17, 15) is 9.59 Å². The molecule has 0 saturated carbocycles. The van der Waals surface area contributed by atoms with Crippen molar-refractivity contribution < 1.29 is 23.8 Å². The molecule has 4 aromatic rings. The second kappa shape index (κ2) is 11.7. The fourth-order valence-electron chi connectivity index (χ4n) is 3.46. The summed E-state index contributed by atoms with van der Waals surface area (Å²) in [6, 6.07) is 23.4. The molecular weight excluding hydrogens is 571 g/mol. The quantitative estimate of drug-likeness (QED) is 0.0912. The van der Waals surface area contributed by atoms with Crippen molar-refractivity contribution in [3.63, 3.8) is 0 Å². The van der Waals surface area contributed by atoms with E-state index >= 15 is 0 Å². The van der Waals surface area contributed by atoms with Crippen molar-refractivity contribution >= 4 is 51.5 Å². The van der Waals surface area contributed by atoms with Crippen LogP contribution < -0.4 is 19.6 Å². The topological polar surface area (TPSA) is 86.2 Å². The molecule has 0 bridgehead atoms. The third kappa shape index (κ3) is 6.01. The summed E-state index contributed by atoms with van der Waals surface area (Å²) in [7, 11) is 1.56. The number of carbonyl (C=O) groups is 2. The van der Waals surface area contributed by atoms with Gasteiger partial charge in [0.25, 0.3) is 5.91 Å². The monoisotopic (exact) mass is 594 g/mol. The summed E-state index contributed by atoms with van der Waals surface area (Å²) in [5, 5.41) is 6.13. The van der Waals surface area contributed by atoms with Crippen LogP contribution in [0.1, 0.15) is 33.2 Å². The summed E-state index contributed by atoms with van der Waals surface area (Å²) in [6.45, 7) is 2.22. The van der Waals surface area contributed by atoms with Gasteiger partial charge in [-0.15, -0.1) is 0 Å². The Bertz CT molecular complexity index is 1430. The zero-order valence-electron chi connectivity index (χ0n) is 19.7. The molecule has 0 aromatic heterocycles. The van der Waals surface area contributed by atoms with Gasteiger partial charge in [-0.1, -0.05) is 30.3 Å². The molecule has 4 aromatic carbocycles. The second-order valence-electron chi connectivity index (χ2n) is 7.64. The van der Waals surface area contributed by atoms with Gasteiger partial charge in [0.1, 0.15) is 5.75 Å². The average molecular weight is 594 g/mol. The lowest BCUT2D eigenvalue weighted by molar-refractivity contribution is 0.0726. The van der Waals surface area contributed by atoms with Gasteiger partial charge in [0.2, 0.25) is 0 Å². The maximum absolute atomic E-state index is 12.7. The SMILES string of the molecule is CCOc1cc(/C=N\NC(=O)c2ccc3ccccc3c2)cc(I)c1OC(=O)c1ccc(OC)cc1. The van der Waals surface area contributed by atoms with Gasteiger partial charge in [0.05, 0.1) is 29.1 Å². The minimum Gasteiger partial charge on any atom is -0.497 e. The van der Waals surface area contributed by atoms with Gasteiger partial charge in [-0.25, -0.2) is 10.2 Å². The predicted octanol–water partition coefficient (Wildman–Crippen LogP) is 5.83. The fraction of sp³-hybridized carbons (Fsp3) is 0.107. The Kier molecular flexibility index (Phi) is 8.17. The number of benzene rings is 4. The highest BCUT2D eigenvalue weighted by Crippen LogP contribution is 2.34. The van der Waals surface area contributed by atoms with E-state index < -0.39 is 5.97 Å². The predicted molar refractivity (Wildman–Crippen MR) is 147 cm³/mol. The number of hydrazone groups is 1. The largest absolute Gasteiger partial charge is 0.497 e. The number of hydrogen-bond acceptors (Lipinski definition) is 6. The standard InChI is InChI=1S/C28H23IN2O5/c1-3-35-25-15-18(14-24(29)26(25)36-28(33)20-10-12-23(34-2)13-11-20)17-30-31-27(32)22-9-8-19-6-4-5-7-21(19)16-22/h4-17H,3H2,1-2H3,(H,31,32)/b30-17-. The number of fused-ring (bicyclic) bond motifs is 1. The van der Waals surface area contributed by atoms with Crippen LogP contribution in [0.15, 0.2) is 84.0 Å². The number of halogens is 1. The zero-order chi connectivity index (χ0) is 25.5. The Balaban J connectivity index is 1.49. The summed E-state index contributed by atoms with van der Waals surface area (Å²) < 4.78 is 17.2. The van der Waals surface area contributed by atoms with E-state index in [0.29, 0.717) is 44.1 Å². The van der Waals surface area contributed by atoms with Crippen LogP contribution in [0, 0.1) is 3.57 Å². The minimum atomic E-state index is -0.513. The lowest BCUT2D eigenvalue weighted by Crippen LogP contribution is -2.17. The third-order valence-electron chi connectivity index (χ3n) is 5.24. The highest BCUT2D eigenvalue weighted by atomic mass is 127. The van der Waals surface area contributed by atoms with Gasteiger partial charge in [-0.3, -0.25) is 4.79 Å². The molecule has 1 amide bonds. The van der Waals surface area contributed by atoms with Crippen LogP contribution >= 0.6 is 22.6 Å². The van der Waals surface area contributed by atoms with E-state index in [1.807, 2.05) is 43.3 Å². The molecule has 0 spiro atoms. The normalized spacial score (nSPS) is 10.9. The number of hydrogen-bond donors (Lipinski definition) is 1. The summed E-state index contributed by atoms with van der Waals surface area (Å²) in [4.78, 5) is 25.2. The van der Waals surface area contributed by atoms with Gasteiger partial charge in [0.15, 0.2) is 11.5 Å². The minimum absolute atomic E-state index is 0.315. The Morgan fingerprint density at radius 2 is 1.67 bits per heavy atom. The molecular formula is C28H23IN2O5. The van der Waals surface area contributed by atoms with Crippen molar-refractivity contribution in [3.8, 4) is 17.2 Å². The molecule has 0 aliphatic carbocycles. The first-order chi connectivity index (χ1) is 17.5. The Morgan fingerprint density at radius 3 is 2.39 bits per heavy atom. The van der Waals surface area contributed by atoms with Crippen LogP contribution in [0.2, 0.25) is 0 Å². The zero-order valence-corrected chi connectivity index (χ0v) is 21.8. The average Bonchev–Trinajstić information content (AvgIpc) is 2.90. The summed E-state index contributed by atoms with van der Waals surface area (Å²) in [5.41, 5.74) is 4.12. The number of ether oxygens (including phenoxy) is 3. The van der Waals surface area contributed by atoms with Crippen LogP contribution in [0.3, 0.4) is 0 Å². The molecule has 0 heterocycles. The van der Waals surface area contributed by atoms with E-state index in [1.54, 1.807) is 49.6 Å². The van der Waals surface area contributed by atoms with E-state index in [0.717, 1.165) is 10.8 Å². The van der Waals surface area contributed by atoms with Gasteiger partial charge < -0.3 is 14.2 Å². The summed E-state index contributed by atoms with van der Waals surface area (Å²) in [6.07, 6.45) is 1.51. The fourth-order valence-corrected chi connectivity index (χ4v) is 4.20. The Morgan fingerprint density at radius 1 is 0.944 bits per heavy atom. The Labute approximate surface area is 222 Å². The smallest absolute Gasteiger partial charge is 0.343 e. The van der Waals surface area contributed by atoms with Gasteiger partial charge in [0, 0.05) is 5.56 Å². The van der Waals surface area contributed by atoms with Crippen molar-refractivity contribution in [2.24, 2.45) is 5.10 Å². The highest BCUT2D eigenvalue weighted by Gasteiger charge is 2.17. The lowest BCUT2D eigenvalue weighted by Gasteiger charge is -2.13. The van der Waals surface area contributed by atoms with Crippen LogP contribution in [0.5, 0.6) is 17.2 Å². The molecule has 0 fully saturated rings. The molecule has 7 nitrogen and oxygen atoms in total. The molecule has 0 atom stereocenters. The number of amides is 1. The molecule has 1 N–H and O–H groups in total. The molecule has 182 valence electrons. The third-order valence-corrected chi connectivity index (χ3v) is 6.04. The maximum atomic E-state index is 12.7. The van der Waals surface area contributed by atoms with Crippen molar-refractivity contribution in [1.29, 1.82) is 0 Å². The molecule has 4 rings (SSSR count). The molecule has 0 radical (unpaired) electrons. The number of methoxy groups -OCH3 is 1. The number of nitrogens with one attached hydrogen (secondary N) is 1. The molecule has 0 saturated heterocycles. The van der Waals surface area contributed by atoms with Crippen LogP contribution in [-0.4, -0.2) is 31.8 Å². The maximum Gasteiger partial charge on any atom is 0.343 e. The van der Waals surface area contributed by atoms with Crippen molar-refractivity contribution in [3.05, 3.63) is 99.1 Å². The first-order valence-electron chi connectivity index (χ1n) is 11.1. The molecule has 0 unspecified atom stereocenters.